The van der Waals surface area contributed by atoms with Gasteiger partial charge in [0.05, 0.1) is 7.11 Å². The number of H-pyrrole nitrogens is 1. The van der Waals surface area contributed by atoms with Crippen molar-refractivity contribution in [1.82, 2.24) is 14.6 Å². The van der Waals surface area contributed by atoms with Crippen LogP contribution in [0, 0.1) is 13.8 Å². The van der Waals surface area contributed by atoms with Crippen LogP contribution in [0.1, 0.15) is 17.0 Å². The van der Waals surface area contributed by atoms with Crippen LogP contribution in [0.3, 0.4) is 0 Å². The summed E-state index contributed by atoms with van der Waals surface area (Å²) in [4.78, 5) is 17.3. The van der Waals surface area contributed by atoms with Gasteiger partial charge in [0.15, 0.2) is 5.65 Å². The van der Waals surface area contributed by atoms with Crippen LogP contribution in [0.4, 0.5) is 0 Å². The number of nitrogens with one attached hydrogen (secondary N) is 1. The van der Waals surface area contributed by atoms with Gasteiger partial charge in [-0.15, -0.1) is 6.58 Å². The number of allylic oxidation sites excluding steroid dienone is 1. The number of ether oxygens (including phenoxy) is 1. The van der Waals surface area contributed by atoms with E-state index in [1.54, 1.807) is 13.2 Å². The monoisotopic (exact) mass is 309 g/mol. The molecule has 1 N–H and O–H groups in total. The topological polar surface area (TPSA) is 59.4 Å². The van der Waals surface area contributed by atoms with E-state index < -0.39 is 0 Å². The molecule has 2 aromatic heterocycles. The molecule has 0 unspecified atom stereocenters. The van der Waals surface area contributed by atoms with Crippen molar-refractivity contribution in [2.24, 2.45) is 0 Å². The van der Waals surface area contributed by atoms with Gasteiger partial charge in [-0.2, -0.15) is 0 Å². The molecule has 3 aromatic rings. The van der Waals surface area contributed by atoms with Gasteiger partial charge in [0.25, 0.3) is 5.56 Å². The molecule has 1 aromatic carbocycles. The Morgan fingerprint density at radius 1 is 1.30 bits per heavy atom. The Bertz CT molecular complexity index is 934. The van der Waals surface area contributed by atoms with E-state index in [1.807, 2.05) is 38.1 Å². The molecule has 2 heterocycles. The highest BCUT2D eigenvalue weighted by Gasteiger charge is 2.16. The SMILES string of the molecule is C=CCc1c(C)nc2c(-c3ccc(OC)cc3)c(C)[nH]n2c1=O. The molecule has 118 valence electrons. The van der Waals surface area contributed by atoms with Crippen molar-refractivity contribution in [2.75, 3.05) is 7.11 Å². The van der Waals surface area contributed by atoms with Gasteiger partial charge >= 0.3 is 0 Å². The molecule has 23 heavy (non-hydrogen) atoms. The van der Waals surface area contributed by atoms with Gasteiger partial charge in [-0.3, -0.25) is 9.89 Å². The van der Waals surface area contributed by atoms with E-state index in [-0.39, 0.29) is 5.56 Å². The van der Waals surface area contributed by atoms with Gasteiger partial charge in [0.2, 0.25) is 0 Å². The first-order valence-corrected chi connectivity index (χ1v) is 7.43. The molecule has 0 aliphatic rings. The number of aromatic amines is 1. The summed E-state index contributed by atoms with van der Waals surface area (Å²) in [6.07, 6.45) is 2.23. The number of methoxy groups -OCH3 is 1. The fourth-order valence-corrected chi connectivity index (χ4v) is 2.81. The third kappa shape index (κ3) is 2.44. The zero-order valence-corrected chi connectivity index (χ0v) is 13.5. The quantitative estimate of drug-likeness (QED) is 0.754. The van der Waals surface area contributed by atoms with Crippen LogP contribution in [0.25, 0.3) is 16.8 Å². The normalized spacial score (nSPS) is 10.9. The third-order valence-corrected chi connectivity index (χ3v) is 3.99. The lowest BCUT2D eigenvalue weighted by atomic mass is 10.1. The summed E-state index contributed by atoms with van der Waals surface area (Å²) in [5.74, 6) is 0.792. The minimum atomic E-state index is -0.0738. The molecule has 0 bridgehead atoms. The Morgan fingerprint density at radius 2 is 2.00 bits per heavy atom. The number of hydrogen-bond acceptors (Lipinski definition) is 3. The Balaban J connectivity index is 2.27. The van der Waals surface area contributed by atoms with E-state index in [9.17, 15) is 4.79 Å². The van der Waals surface area contributed by atoms with Crippen LogP contribution in [0.5, 0.6) is 5.75 Å². The fourth-order valence-electron chi connectivity index (χ4n) is 2.81. The molecule has 0 aliphatic carbocycles. The summed E-state index contributed by atoms with van der Waals surface area (Å²) in [5, 5.41) is 3.12. The second-order valence-corrected chi connectivity index (χ2v) is 5.47. The number of rotatable bonds is 4. The number of nitrogens with zero attached hydrogens (tertiary/aromatic N) is 2. The highest BCUT2D eigenvalue weighted by Crippen LogP contribution is 2.28. The van der Waals surface area contributed by atoms with Crippen molar-refractivity contribution in [2.45, 2.75) is 20.3 Å². The third-order valence-electron chi connectivity index (χ3n) is 3.99. The maximum absolute atomic E-state index is 12.7. The van der Waals surface area contributed by atoms with Crippen molar-refractivity contribution >= 4 is 5.65 Å². The standard InChI is InChI=1S/C18H19N3O2/c1-5-6-15-11(2)19-17-16(12(3)20-21(17)18(15)22)13-7-9-14(23-4)10-8-13/h5,7-10,20H,1,6H2,2-4H3. The largest absolute Gasteiger partial charge is 0.497 e. The molecule has 0 fully saturated rings. The average molecular weight is 309 g/mol. The van der Waals surface area contributed by atoms with Crippen LogP contribution < -0.4 is 10.3 Å². The average Bonchev–Trinajstić information content (AvgIpc) is 2.88. The summed E-state index contributed by atoms with van der Waals surface area (Å²) < 4.78 is 6.71. The molecule has 0 saturated carbocycles. The summed E-state index contributed by atoms with van der Waals surface area (Å²) in [5.41, 5.74) is 4.79. The van der Waals surface area contributed by atoms with Crippen molar-refractivity contribution in [3.63, 3.8) is 0 Å². The predicted octanol–water partition coefficient (Wildman–Crippen LogP) is 3.04. The number of benzene rings is 1. The summed E-state index contributed by atoms with van der Waals surface area (Å²) >= 11 is 0. The highest BCUT2D eigenvalue weighted by molar-refractivity contribution is 5.80. The molecule has 0 atom stereocenters. The Hall–Kier alpha value is -2.82. The zero-order valence-electron chi connectivity index (χ0n) is 13.5. The van der Waals surface area contributed by atoms with E-state index in [0.717, 1.165) is 28.3 Å². The van der Waals surface area contributed by atoms with Gasteiger partial charge < -0.3 is 4.74 Å². The van der Waals surface area contributed by atoms with Crippen LogP contribution >= 0.6 is 0 Å². The van der Waals surface area contributed by atoms with Gasteiger partial charge in [-0.25, -0.2) is 9.50 Å². The van der Waals surface area contributed by atoms with Gasteiger partial charge in [-0.1, -0.05) is 18.2 Å². The van der Waals surface area contributed by atoms with Crippen molar-refractivity contribution in [1.29, 1.82) is 0 Å². The van der Waals surface area contributed by atoms with Gasteiger partial charge in [-0.05, 0) is 38.0 Å². The Labute approximate surface area is 134 Å². The van der Waals surface area contributed by atoms with Crippen LogP contribution in [0.15, 0.2) is 41.7 Å². The molecular weight excluding hydrogens is 290 g/mol. The lowest BCUT2D eigenvalue weighted by Gasteiger charge is -2.05. The Morgan fingerprint density at radius 3 is 2.61 bits per heavy atom. The van der Waals surface area contributed by atoms with E-state index in [1.165, 1.54) is 4.52 Å². The second kappa shape index (κ2) is 5.76. The zero-order chi connectivity index (χ0) is 16.6. The first-order valence-electron chi connectivity index (χ1n) is 7.43. The number of fused-ring (bicyclic) bond motifs is 1. The summed E-state index contributed by atoms with van der Waals surface area (Å²) in [6.45, 7) is 7.51. The first-order chi connectivity index (χ1) is 11.1. The minimum absolute atomic E-state index is 0.0738. The highest BCUT2D eigenvalue weighted by atomic mass is 16.5. The second-order valence-electron chi connectivity index (χ2n) is 5.47. The molecular formula is C18H19N3O2. The Kier molecular flexibility index (Phi) is 3.78. The summed E-state index contributed by atoms with van der Waals surface area (Å²) in [7, 11) is 1.64. The van der Waals surface area contributed by atoms with E-state index in [0.29, 0.717) is 17.6 Å². The lowest BCUT2D eigenvalue weighted by Crippen LogP contribution is -2.21. The number of hydrogen-bond donors (Lipinski definition) is 1. The van der Waals surface area contributed by atoms with Crippen LogP contribution in [0.2, 0.25) is 0 Å². The molecule has 5 nitrogen and oxygen atoms in total. The number of aryl methyl sites for hydroxylation is 2. The van der Waals surface area contributed by atoms with Gasteiger partial charge in [0, 0.05) is 22.5 Å². The van der Waals surface area contributed by atoms with Crippen molar-refractivity contribution in [3.05, 3.63) is 64.2 Å². The molecule has 0 spiro atoms. The minimum Gasteiger partial charge on any atom is -0.497 e. The van der Waals surface area contributed by atoms with E-state index >= 15 is 0 Å². The molecule has 0 amide bonds. The van der Waals surface area contributed by atoms with Crippen LogP contribution in [-0.4, -0.2) is 21.7 Å². The van der Waals surface area contributed by atoms with E-state index in [4.69, 9.17) is 4.74 Å². The first kappa shape index (κ1) is 15.1. The van der Waals surface area contributed by atoms with E-state index in [2.05, 4.69) is 16.7 Å². The molecule has 0 aliphatic heterocycles. The molecule has 0 radical (unpaired) electrons. The molecule has 5 heteroatoms. The summed E-state index contributed by atoms with van der Waals surface area (Å²) in [6, 6.07) is 7.73. The molecule has 0 saturated heterocycles. The maximum atomic E-state index is 12.7. The smallest absolute Gasteiger partial charge is 0.276 e. The number of aromatic nitrogens is 3. The van der Waals surface area contributed by atoms with Gasteiger partial charge in [0.1, 0.15) is 5.75 Å². The van der Waals surface area contributed by atoms with Crippen LogP contribution in [-0.2, 0) is 6.42 Å². The van der Waals surface area contributed by atoms with Crippen molar-refractivity contribution < 1.29 is 4.74 Å². The predicted molar refractivity (Wildman–Crippen MR) is 91.2 cm³/mol. The fraction of sp³-hybridized carbons (Fsp3) is 0.222. The maximum Gasteiger partial charge on any atom is 0.276 e. The molecule has 3 rings (SSSR count). The van der Waals surface area contributed by atoms with Crippen molar-refractivity contribution in [3.8, 4) is 16.9 Å². The lowest BCUT2D eigenvalue weighted by molar-refractivity contribution is 0.415.